The Morgan fingerprint density at radius 1 is 0.448 bits per heavy atom. The van der Waals surface area contributed by atoms with Crippen molar-refractivity contribution in [2.24, 2.45) is 0 Å². The molecule has 0 nitrogen and oxygen atoms in total. The van der Waals surface area contributed by atoms with Crippen LogP contribution in [0.4, 0.5) is 0 Å². The summed E-state index contributed by atoms with van der Waals surface area (Å²) in [5, 5.41) is 10.5. The van der Waals surface area contributed by atoms with Crippen molar-refractivity contribution in [3.8, 4) is 11.1 Å². The lowest BCUT2D eigenvalue weighted by atomic mass is 9.84. The molecule has 0 aliphatic heterocycles. The second kappa shape index (κ2) is 6.22. The normalized spacial score (nSPS) is 11.6. The molecule has 0 N–H and O–H groups in total. The van der Waals surface area contributed by atoms with E-state index in [4.69, 9.17) is 0 Å². The molecule has 6 aromatic carbocycles. The summed E-state index contributed by atoms with van der Waals surface area (Å²) in [7, 11) is 2.23. The molecule has 29 heavy (non-hydrogen) atoms. The largest absolute Gasteiger partial charge is 0.140 e. The van der Waals surface area contributed by atoms with Gasteiger partial charge in [0.05, 0.1) is 0 Å². The van der Waals surface area contributed by atoms with Crippen LogP contribution in [-0.2, 0) is 0 Å². The van der Waals surface area contributed by atoms with Gasteiger partial charge in [0.25, 0.3) is 0 Å². The Hall–Kier alpha value is -3.58. The first-order valence-corrected chi connectivity index (χ1v) is 10.1. The van der Waals surface area contributed by atoms with E-state index in [1.165, 1.54) is 59.7 Å². The fourth-order valence-electron chi connectivity index (χ4n) is 4.79. The van der Waals surface area contributed by atoms with Gasteiger partial charge in [0.2, 0.25) is 0 Å². The van der Waals surface area contributed by atoms with Crippen LogP contribution in [-0.4, -0.2) is 7.85 Å². The summed E-state index contributed by atoms with van der Waals surface area (Å²) in [6, 6.07) is 37.7. The molecule has 134 valence electrons. The molecule has 0 aromatic heterocycles. The fourth-order valence-corrected chi connectivity index (χ4v) is 4.79. The van der Waals surface area contributed by atoms with E-state index in [9.17, 15) is 0 Å². The van der Waals surface area contributed by atoms with E-state index in [0.29, 0.717) is 0 Å². The number of rotatable bonds is 1. The predicted octanol–water partition coefficient (Wildman–Crippen LogP) is 6.22. The van der Waals surface area contributed by atoms with E-state index in [1.54, 1.807) is 0 Å². The molecule has 0 radical (unpaired) electrons. The van der Waals surface area contributed by atoms with Gasteiger partial charge in [-0.3, -0.25) is 0 Å². The smallest absolute Gasteiger partial charge is 0.0800 e. The summed E-state index contributed by atoms with van der Waals surface area (Å²) < 4.78 is 0. The van der Waals surface area contributed by atoms with Gasteiger partial charge in [0, 0.05) is 0 Å². The molecule has 0 saturated carbocycles. The van der Waals surface area contributed by atoms with Gasteiger partial charge in [-0.2, -0.15) is 0 Å². The first kappa shape index (κ1) is 16.4. The second-order valence-corrected chi connectivity index (χ2v) is 7.87. The van der Waals surface area contributed by atoms with E-state index in [2.05, 4.69) is 111 Å². The highest BCUT2D eigenvalue weighted by Crippen LogP contribution is 2.34. The standard InChI is InChI=1S/C28H19B/c29-27-17-21-13-12-20(23-11-5-8-18-6-1-3-9-22(18)23)16-26(21)25-15-14-19-7-2-4-10-24(19)28(25)27/h1-17H,29H2. The zero-order valence-electron chi connectivity index (χ0n) is 16.3. The summed E-state index contributed by atoms with van der Waals surface area (Å²) in [4.78, 5) is 0. The molecule has 0 aliphatic carbocycles. The number of hydrogen-bond acceptors (Lipinski definition) is 0. The van der Waals surface area contributed by atoms with E-state index < -0.39 is 0 Å². The number of benzene rings is 6. The van der Waals surface area contributed by atoms with Crippen LogP contribution in [0.25, 0.3) is 54.2 Å². The van der Waals surface area contributed by atoms with Crippen LogP contribution in [0.5, 0.6) is 0 Å². The Kier molecular flexibility index (Phi) is 3.51. The van der Waals surface area contributed by atoms with Crippen LogP contribution in [0.3, 0.4) is 0 Å². The highest BCUT2D eigenvalue weighted by molar-refractivity contribution is 6.44. The Bertz CT molecular complexity index is 1550. The Labute approximate surface area is 170 Å². The molecular formula is C28H19B. The molecule has 0 saturated heterocycles. The SMILES string of the molecule is Bc1cc2ccc(-c3cccc4ccccc34)cc2c2ccc3ccccc3c12. The minimum absolute atomic E-state index is 1.27. The molecule has 1 heteroatoms. The number of fused-ring (bicyclic) bond motifs is 6. The summed E-state index contributed by atoms with van der Waals surface area (Å²) >= 11 is 0. The average Bonchev–Trinajstić information content (AvgIpc) is 2.78. The summed E-state index contributed by atoms with van der Waals surface area (Å²) in [5.74, 6) is 0. The van der Waals surface area contributed by atoms with Crippen molar-refractivity contribution in [2.45, 2.75) is 0 Å². The highest BCUT2D eigenvalue weighted by Gasteiger charge is 2.10. The van der Waals surface area contributed by atoms with E-state index in [0.717, 1.165) is 0 Å². The van der Waals surface area contributed by atoms with E-state index in [1.807, 2.05) is 0 Å². The zero-order chi connectivity index (χ0) is 19.4. The average molecular weight is 366 g/mol. The van der Waals surface area contributed by atoms with Gasteiger partial charge in [0.15, 0.2) is 0 Å². The molecule has 0 bridgehead atoms. The first-order chi connectivity index (χ1) is 14.3. The maximum absolute atomic E-state index is 2.37. The van der Waals surface area contributed by atoms with Crippen LogP contribution in [0.1, 0.15) is 0 Å². The van der Waals surface area contributed by atoms with Crippen LogP contribution >= 0.6 is 0 Å². The molecular weight excluding hydrogens is 347 g/mol. The maximum Gasteiger partial charge on any atom is 0.140 e. The molecule has 0 spiro atoms. The molecule has 0 unspecified atom stereocenters. The van der Waals surface area contributed by atoms with Crippen molar-refractivity contribution in [3.05, 3.63) is 103 Å². The van der Waals surface area contributed by atoms with Gasteiger partial charge >= 0.3 is 0 Å². The molecule has 0 amide bonds. The fraction of sp³-hybridized carbons (Fsp3) is 0. The second-order valence-electron chi connectivity index (χ2n) is 7.87. The van der Waals surface area contributed by atoms with Crippen LogP contribution in [0.15, 0.2) is 103 Å². The third kappa shape index (κ3) is 2.48. The van der Waals surface area contributed by atoms with Crippen LogP contribution in [0.2, 0.25) is 0 Å². The molecule has 0 aliphatic rings. The first-order valence-electron chi connectivity index (χ1n) is 10.1. The van der Waals surface area contributed by atoms with Crippen molar-refractivity contribution < 1.29 is 0 Å². The van der Waals surface area contributed by atoms with Gasteiger partial charge < -0.3 is 0 Å². The third-order valence-corrected chi connectivity index (χ3v) is 6.14. The van der Waals surface area contributed by atoms with Crippen LogP contribution in [0, 0.1) is 0 Å². The molecule has 0 atom stereocenters. The molecule has 6 rings (SSSR count). The Balaban J connectivity index is 1.72. The lowest BCUT2D eigenvalue weighted by Gasteiger charge is -2.13. The summed E-state index contributed by atoms with van der Waals surface area (Å²) in [6.45, 7) is 0. The predicted molar refractivity (Wildman–Crippen MR) is 130 cm³/mol. The van der Waals surface area contributed by atoms with Crippen molar-refractivity contribution in [1.29, 1.82) is 0 Å². The molecule has 0 heterocycles. The zero-order valence-corrected chi connectivity index (χ0v) is 16.3. The highest BCUT2D eigenvalue weighted by atomic mass is 14.1. The van der Waals surface area contributed by atoms with Gasteiger partial charge in [0.1, 0.15) is 7.85 Å². The lowest BCUT2D eigenvalue weighted by Crippen LogP contribution is -2.04. The Morgan fingerprint density at radius 3 is 2.00 bits per heavy atom. The monoisotopic (exact) mass is 366 g/mol. The summed E-state index contributed by atoms with van der Waals surface area (Å²) in [5.41, 5.74) is 3.90. The quantitative estimate of drug-likeness (QED) is 0.239. The lowest BCUT2D eigenvalue weighted by molar-refractivity contribution is 1.69. The van der Waals surface area contributed by atoms with Gasteiger partial charge in [-0.15, -0.1) is 0 Å². The molecule has 6 aromatic rings. The minimum Gasteiger partial charge on any atom is -0.0800 e. The van der Waals surface area contributed by atoms with Crippen molar-refractivity contribution >= 4 is 56.4 Å². The van der Waals surface area contributed by atoms with Crippen molar-refractivity contribution in [2.75, 3.05) is 0 Å². The maximum atomic E-state index is 2.37. The topological polar surface area (TPSA) is 0 Å². The van der Waals surface area contributed by atoms with Crippen molar-refractivity contribution in [1.82, 2.24) is 0 Å². The minimum atomic E-state index is 1.27. The van der Waals surface area contributed by atoms with Gasteiger partial charge in [-0.05, 0) is 60.3 Å². The molecule has 0 fully saturated rings. The third-order valence-electron chi connectivity index (χ3n) is 6.14. The number of hydrogen-bond donors (Lipinski definition) is 0. The summed E-state index contributed by atoms with van der Waals surface area (Å²) in [6.07, 6.45) is 0. The Morgan fingerprint density at radius 2 is 1.14 bits per heavy atom. The van der Waals surface area contributed by atoms with E-state index >= 15 is 0 Å². The van der Waals surface area contributed by atoms with Crippen molar-refractivity contribution in [3.63, 3.8) is 0 Å². The van der Waals surface area contributed by atoms with Gasteiger partial charge in [-0.25, -0.2) is 0 Å². The van der Waals surface area contributed by atoms with Gasteiger partial charge in [-0.1, -0.05) is 103 Å². The van der Waals surface area contributed by atoms with Crippen LogP contribution < -0.4 is 5.46 Å². The van der Waals surface area contributed by atoms with E-state index in [-0.39, 0.29) is 0 Å².